The van der Waals surface area contributed by atoms with E-state index in [1.54, 1.807) is 6.92 Å². The number of nitrogen functional groups attached to an aromatic ring is 1. The lowest BCUT2D eigenvalue weighted by atomic mass is 10.0. The van der Waals surface area contributed by atoms with Gasteiger partial charge in [-0.2, -0.15) is 13.8 Å². The molecule has 15 heteroatoms. The smallest absolute Gasteiger partial charge is 0.352 e. The maximum Gasteiger partial charge on any atom is 0.352 e. The standard InChI is InChI=1S/C22H22N8O5S2/c1-3-35-26-14(17-25-22(23)37-27-17)18(31)24-15-19(32)30-16(21(33)34)12(9-36-20(15)30)7-28-8-13-6-4-5-11(2)29(13)10-28/h4-6,8,10,15,20H,3,7,9H2,1-2H3,(H3-,23,24,25,27,31,33,34)/p+1/t15-,20+/m1/s1. The summed E-state index contributed by atoms with van der Waals surface area (Å²) in [6.45, 7) is 4.19. The van der Waals surface area contributed by atoms with Crippen LogP contribution in [0.5, 0.6) is 0 Å². The van der Waals surface area contributed by atoms with Gasteiger partial charge in [-0.3, -0.25) is 14.5 Å². The Bertz CT molecular complexity index is 1480. The van der Waals surface area contributed by atoms with Gasteiger partial charge in [-0.25, -0.2) is 9.36 Å². The molecule has 2 aliphatic heterocycles. The highest BCUT2D eigenvalue weighted by Crippen LogP contribution is 2.40. The third-order valence-corrected chi connectivity index (χ3v) is 7.77. The number of nitrogens with zero attached hydrogens (tertiary/aromatic N) is 6. The molecule has 4 N–H and O–H groups in total. The fourth-order valence-corrected chi connectivity index (χ4v) is 6.00. The Morgan fingerprint density at radius 2 is 2.22 bits per heavy atom. The third kappa shape index (κ3) is 4.51. The maximum atomic E-state index is 13.1. The van der Waals surface area contributed by atoms with Crippen LogP contribution in [0, 0.1) is 6.92 Å². The molecule has 1 saturated heterocycles. The molecule has 3 aromatic heterocycles. The molecular weight excluding hydrogens is 520 g/mol. The number of pyridine rings is 1. The zero-order valence-corrected chi connectivity index (χ0v) is 21.5. The summed E-state index contributed by atoms with van der Waals surface area (Å²) in [6, 6.07) is 4.96. The highest BCUT2D eigenvalue weighted by atomic mass is 32.2. The SMILES string of the molecule is CCON=C(C(=O)N[C@@H]1C(=O)N2C(C(=O)O)=C(C[n+]3cc4cccc(C)n4c3)CS[C@@H]12)c1nsc(N)n1. The lowest BCUT2D eigenvalue weighted by Gasteiger charge is -2.49. The first-order valence-electron chi connectivity index (χ1n) is 11.3. The molecule has 13 nitrogen and oxygen atoms in total. The van der Waals surface area contributed by atoms with Gasteiger partial charge in [-0.15, -0.1) is 11.8 Å². The number of imidazole rings is 1. The number of carbonyl (C=O) groups excluding carboxylic acids is 2. The van der Waals surface area contributed by atoms with E-state index in [0.29, 0.717) is 17.9 Å². The number of rotatable bonds is 8. The third-order valence-electron chi connectivity index (χ3n) is 5.89. The molecule has 3 aromatic rings. The predicted octanol–water partition coefficient (Wildman–Crippen LogP) is 0.148. The molecule has 2 atom stereocenters. The van der Waals surface area contributed by atoms with Crippen LogP contribution in [-0.2, 0) is 25.8 Å². The van der Waals surface area contributed by atoms with E-state index in [-0.39, 0.29) is 29.0 Å². The zero-order valence-electron chi connectivity index (χ0n) is 19.8. The summed E-state index contributed by atoms with van der Waals surface area (Å²) in [6.07, 6.45) is 3.82. The van der Waals surface area contributed by atoms with Crippen LogP contribution in [-0.4, -0.2) is 71.0 Å². The van der Waals surface area contributed by atoms with E-state index in [1.165, 1.54) is 16.7 Å². The predicted molar refractivity (Wildman–Crippen MR) is 134 cm³/mol. The Labute approximate surface area is 218 Å². The van der Waals surface area contributed by atoms with E-state index in [4.69, 9.17) is 10.6 Å². The number of nitrogens with two attached hydrogens (primary N) is 1. The van der Waals surface area contributed by atoms with Crippen LogP contribution in [0.25, 0.3) is 5.52 Å². The number of carbonyl (C=O) groups is 3. The second-order valence-corrected chi connectivity index (χ2v) is 10.2. The Kier molecular flexibility index (Phi) is 6.55. The molecule has 0 radical (unpaired) electrons. The van der Waals surface area contributed by atoms with Gasteiger partial charge in [-0.05, 0) is 26.0 Å². The second-order valence-electron chi connectivity index (χ2n) is 8.31. The van der Waals surface area contributed by atoms with Gasteiger partial charge in [-0.1, -0.05) is 11.2 Å². The molecule has 0 aromatic carbocycles. The number of fused-ring (bicyclic) bond motifs is 2. The molecule has 37 heavy (non-hydrogen) atoms. The van der Waals surface area contributed by atoms with Crippen molar-refractivity contribution in [2.45, 2.75) is 31.8 Å². The number of hydrogen-bond acceptors (Lipinski definition) is 10. The highest BCUT2D eigenvalue weighted by molar-refractivity contribution is 8.00. The minimum atomic E-state index is -1.19. The number of carboxylic acids is 1. The van der Waals surface area contributed by atoms with Crippen molar-refractivity contribution in [2.24, 2.45) is 5.16 Å². The minimum absolute atomic E-state index is 0.0194. The van der Waals surface area contributed by atoms with Gasteiger partial charge in [0, 0.05) is 22.9 Å². The van der Waals surface area contributed by atoms with Gasteiger partial charge >= 0.3 is 5.97 Å². The molecule has 0 bridgehead atoms. The van der Waals surface area contributed by atoms with Gasteiger partial charge in [0.1, 0.15) is 42.2 Å². The van der Waals surface area contributed by atoms with E-state index < -0.39 is 29.2 Å². The maximum absolute atomic E-state index is 13.1. The van der Waals surface area contributed by atoms with Crippen LogP contribution in [0.4, 0.5) is 5.13 Å². The fourth-order valence-electron chi connectivity index (χ4n) is 4.23. The lowest BCUT2D eigenvalue weighted by Crippen LogP contribution is -2.71. The summed E-state index contributed by atoms with van der Waals surface area (Å²) in [7, 11) is 0. The first kappa shape index (κ1) is 24.7. The first-order chi connectivity index (χ1) is 17.8. The molecular formula is C22H23N8O5S2+. The summed E-state index contributed by atoms with van der Waals surface area (Å²) in [5.41, 5.74) is 7.97. The van der Waals surface area contributed by atoms with E-state index >= 15 is 0 Å². The Morgan fingerprint density at radius 3 is 2.89 bits per heavy atom. The zero-order chi connectivity index (χ0) is 26.3. The molecule has 2 amide bonds. The fraction of sp³-hybridized carbons (Fsp3) is 0.318. The van der Waals surface area contributed by atoms with Crippen molar-refractivity contribution >= 4 is 57.4 Å². The van der Waals surface area contributed by atoms with Gasteiger partial charge in [0.25, 0.3) is 11.8 Å². The average Bonchev–Trinajstić information content (AvgIpc) is 3.49. The largest absolute Gasteiger partial charge is 0.477 e. The van der Waals surface area contributed by atoms with Crippen molar-refractivity contribution in [3.63, 3.8) is 0 Å². The summed E-state index contributed by atoms with van der Waals surface area (Å²) >= 11 is 2.28. The van der Waals surface area contributed by atoms with E-state index in [1.807, 2.05) is 46.6 Å². The van der Waals surface area contributed by atoms with Gasteiger partial charge in [0.05, 0.1) is 0 Å². The molecule has 1 fully saturated rings. The molecule has 0 spiro atoms. The van der Waals surface area contributed by atoms with Crippen molar-refractivity contribution in [1.82, 2.24) is 24.0 Å². The first-order valence-corrected chi connectivity index (χ1v) is 13.1. The van der Waals surface area contributed by atoms with Crippen LogP contribution < -0.4 is 15.6 Å². The number of aryl methyl sites for hydroxylation is 1. The topological polar surface area (TPSA) is 168 Å². The normalized spacial score (nSPS) is 19.6. The van der Waals surface area contributed by atoms with E-state index in [9.17, 15) is 19.5 Å². The number of amides is 2. The number of anilines is 1. The van der Waals surface area contributed by atoms with Crippen LogP contribution in [0.3, 0.4) is 0 Å². The number of aliphatic carboxylic acids is 1. The average molecular weight is 544 g/mol. The molecule has 5 heterocycles. The highest BCUT2D eigenvalue weighted by Gasteiger charge is 2.54. The number of thioether (sulfide) groups is 1. The Morgan fingerprint density at radius 1 is 1.41 bits per heavy atom. The van der Waals surface area contributed by atoms with Crippen LogP contribution >= 0.6 is 23.3 Å². The Hall–Kier alpha value is -3.98. The monoisotopic (exact) mass is 543 g/mol. The van der Waals surface area contributed by atoms with Crippen molar-refractivity contribution in [1.29, 1.82) is 0 Å². The summed E-state index contributed by atoms with van der Waals surface area (Å²) in [4.78, 5) is 48.5. The van der Waals surface area contributed by atoms with Crippen LogP contribution in [0.1, 0.15) is 18.4 Å². The number of carboxylic acid groups (broad SMARTS) is 1. The molecule has 0 aliphatic carbocycles. The number of oxime groups is 1. The molecule has 192 valence electrons. The Balaban J connectivity index is 1.36. The van der Waals surface area contributed by atoms with Crippen molar-refractivity contribution < 1.29 is 28.9 Å². The van der Waals surface area contributed by atoms with Crippen molar-refractivity contribution in [2.75, 3.05) is 18.1 Å². The van der Waals surface area contributed by atoms with Gasteiger partial charge in [0.15, 0.2) is 10.6 Å². The van der Waals surface area contributed by atoms with Crippen LogP contribution in [0.15, 0.2) is 47.1 Å². The lowest BCUT2D eigenvalue weighted by molar-refractivity contribution is -0.687. The van der Waals surface area contributed by atoms with E-state index in [2.05, 4.69) is 19.8 Å². The number of nitrogens with one attached hydrogen (secondary N) is 1. The quantitative estimate of drug-likeness (QED) is 0.155. The number of hydrogen-bond donors (Lipinski definition) is 3. The van der Waals surface area contributed by atoms with Crippen molar-refractivity contribution in [3.05, 3.63) is 53.5 Å². The molecule has 5 rings (SSSR count). The van der Waals surface area contributed by atoms with Gasteiger partial charge in [0.2, 0.25) is 17.9 Å². The second kappa shape index (κ2) is 9.82. The summed E-state index contributed by atoms with van der Waals surface area (Å²) in [5.74, 6) is -2.08. The summed E-state index contributed by atoms with van der Waals surface area (Å²) < 4.78 is 7.90. The van der Waals surface area contributed by atoms with E-state index in [0.717, 1.165) is 22.7 Å². The molecule has 0 unspecified atom stereocenters. The van der Waals surface area contributed by atoms with Crippen molar-refractivity contribution in [3.8, 4) is 0 Å². The number of aromatic nitrogens is 4. The summed E-state index contributed by atoms with van der Waals surface area (Å²) in [5, 5.41) is 16.0. The minimum Gasteiger partial charge on any atom is -0.477 e. The van der Waals surface area contributed by atoms with Gasteiger partial charge < -0.3 is 21.0 Å². The van der Waals surface area contributed by atoms with Crippen LogP contribution in [0.2, 0.25) is 0 Å². The molecule has 0 saturated carbocycles. The number of β-lactam (4-membered cyclic amide) rings is 1. The molecule has 2 aliphatic rings.